The molecule has 2 rings (SSSR count). The summed E-state index contributed by atoms with van der Waals surface area (Å²) < 4.78 is 0. The van der Waals surface area contributed by atoms with E-state index >= 15 is 0 Å². The van der Waals surface area contributed by atoms with Gasteiger partial charge in [0.15, 0.2) is 0 Å². The molecule has 1 amide bonds. The molecule has 1 heterocycles. The Hall–Kier alpha value is -1.06. The number of likely N-dealkylation sites (N-methyl/N-ethyl adjacent to an activating group) is 1. The molecule has 0 saturated carbocycles. The summed E-state index contributed by atoms with van der Waals surface area (Å²) in [6, 6.07) is 7.55. The summed E-state index contributed by atoms with van der Waals surface area (Å²) >= 11 is 5.88. The maximum absolute atomic E-state index is 12.1. The van der Waals surface area contributed by atoms with Gasteiger partial charge in [0.05, 0.1) is 6.04 Å². The van der Waals surface area contributed by atoms with E-state index in [0.29, 0.717) is 10.9 Å². The molecule has 1 fully saturated rings. The molecule has 1 N–H and O–H groups in total. The van der Waals surface area contributed by atoms with Gasteiger partial charge in [0.2, 0.25) is 5.91 Å². The van der Waals surface area contributed by atoms with Crippen LogP contribution in [0.5, 0.6) is 0 Å². The second-order valence-corrected chi connectivity index (χ2v) is 5.69. The Morgan fingerprint density at radius 2 is 1.94 bits per heavy atom. The largest absolute Gasteiger partial charge is 0.325 e. The topological polar surface area (TPSA) is 32.3 Å². The lowest BCUT2D eigenvalue weighted by atomic mass is 10.0. The lowest BCUT2D eigenvalue weighted by molar-refractivity contribution is -0.129. The van der Waals surface area contributed by atoms with Gasteiger partial charge in [-0.05, 0) is 30.0 Å². The summed E-state index contributed by atoms with van der Waals surface area (Å²) in [6.07, 6.45) is 0.825. The highest BCUT2D eigenvalue weighted by Gasteiger charge is 2.37. The zero-order chi connectivity index (χ0) is 13.3. The van der Waals surface area contributed by atoms with Gasteiger partial charge in [-0.25, -0.2) is 0 Å². The molecular formula is C14H19ClN2O. The predicted octanol–water partition coefficient (Wildman–Crippen LogP) is 2.81. The molecule has 0 radical (unpaired) electrons. The zero-order valence-electron chi connectivity index (χ0n) is 11.0. The van der Waals surface area contributed by atoms with E-state index in [1.165, 1.54) is 0 Å². The Bertz CT molecular complexity index is 430. The highest BCUT2D eigenvalue weighted by Crippen LogP contribution is 2.26. The number of nitrogens with zero attached hydrogens (tertiary/aromatic N) is 1. The second-order valence-electron chi connectivity index (χ2n) is 5.25. The van der Waals surface area contributed by atoms with Crippen LogP contribution in [0.4, 0.5) is 0 Å². The third-order valence-electron chi connectivity index (χ3n) is 3.28. The van der Waals surface area contributed by atoms with Crippen LogP contribution < -0.4 is 5.32 Å². The number of nitrogens with one attached hydrogen (secondary N) is 1. The summed E-state index contributed by atoms with van der Waals surface area (Å²) in [5, 5.41) is 4.10. The minimum Gasteiger partial charge on any atom is -0.325 e. The smallest absolute Gasteiger partial charge is 0.241 e. The van der Waals surface area contributed by atoms with Crippen LogP contribution in [0.25, 0.3) is 0 Å². The third kappa shape index (κ3) is 2.68. The van der Waals surface area contributed by atoms with Crippen molar-refractivity contribution in [2.45, 2.75) is 32.5 Å². The molecule has 0 aromatic heterocycles. The molecule has 1 aromatic rings. The molecule has 2 atom stereocenters. The fraction of sp³-hybridized carbons (Fsp3) is 0.500. The SMILES string of the molecule is CC(C)CC1NC(c2ccc(Cl)cc2)N(C)C1=O. The summed E-state index contributed by atoms with van der Waals surface area (Å²) in [6.45, 7) is 4.26. The number of hydrogen-bond acceptors (Lipinski definition) is 2. The van der Waals surface area contributed by atoms with Crippen molar-refractivity contribution in [1.29, 1.82) is 0 Å². The molecule has 0 spiro atoms. The maximum Gasteiger partial charge on any atom is 0.241 e. The minimum atomic E-state index is -0.0734. The first-order valence-corrected chi connectivity index (χ1v) is 6.65. The predicted molar refractivity (Wildman–Crippen MR) is 73.3 cm³/mol. The number of amides is 1. The van der Waals surface area contributed by atoms with Crippen LogP contribution >= 0.6 is 11.6 Å². The Kier molecular flexibility index (Phi) is 3.93. The average molecular weight is 267 g/mol. The Labute approximate surface area is 113 Å². The molecule has 0 aliphatic carbocycles. The lowest BCUT2D eigenvalue weighted by Gasteiger charge is -2.19. The van der Waals surface area contributed by atoms with Crippen molar-refractivity contribution in [3.05, 3.63) is 34.9 Å². The standard InChI is InChI=1S/C14H19ClN2O/c1-9(2)8-12-14(18)17(3)13(16-12)10-4-6-11(15)7-5-10/h4-7,9,12-13,16H,8H2,1-3H3. The number of hydrogen-bond donors (Lipinski definition) is 1. The molecule has 1 saturated heterocycles. The molecule has 1 aromatic carbocycles. The Morgan fingerprint density at radius 3 is 2.50 bits per heavy atom. The van der Waals surface area contributed by atoms with Gasteiger partial charge in [0.1, 0.15) is 6.17 Å². The summed E-state index contributed by atoms with van der Waals surface area (Å²) in [5.41, 5.74) is 1.07. The molecule has 18 heavy (non-hydrogen) atoms. The van der Waals surface area contributed by atoms with Crippen LogP contribution in [-0.4, -0.2) is 23.9 Å². The molecule has 1 aliphatic heterocycles. The first-order chi connectivity index (χ1) is 8.49. The quantitative estimate of drug-likeness (QED) is 0.912. The summed E-state index contributed by atoms with van der Waals surface area (Å²) in [4.78, 5) is 13.9. The lowest BCUT2D eigenvalue weighted by Crippen LogP contribution is -2.30. The molecule has 98 valence electrons. The van der Waals surface area contributed by atoms with Crippen molar-refractivity contribution < 1.29 is 4.79 Å². The van der Waals surface area contributed by atoms with E-state index in [1.807, 2.05) is 31.3 Å². The van der Waals surface area contributed by atoms with Crippen LogP contribution in [0, 0.1) is 5.92 Å². The normalized spacial score (nSPS) is 24.1. The van der Waals surface area contributed by atoms with Crippen molar-refractivity contribution in [2.24, 2.45) is 5.92 Å². The van der Waals surface area contributed by atoms with E-state index in [1.54, 1.807) is 4.90 Å². The first-order valence-electron chi connectivity index (χ1n) is 6.27. The Morgan fingerprint density at radius 1 is 1.33 bits per heavy atom. The Balaban J connectivity index is 2.15. The molecule has 0 bridgehead atoms. The molecule has 4 heteroatoms. The fourth-order valence-corrected chi connectivity index (χ4v) is 2.48. The fourth-order valence-electron chi connectivity index (χ4n) is 2.35. The average Bonchev–Trinajstić information content (AvgIpc) is 2.58. The molecule has 1 aliphatic rings. The third-order valence-corrected chi connectivity index (χ3v) is 3.54. The highest BCUT2D eigenvalue weighted by atomic mass is 35.5. The van der Waals surface area contributed by atoms with Crippen LogP contribution in [0.2, 0.25) is 5.02 Å². The number of benzene rings is 1. The van der Waals surface area contributed by atoms with E-state index in [9.17, 15) is 4.79 Å². The van der Waals surface area contributed by atoms with Gasteiger partial charge in [0.25, 0.3) is 0 Å². The van der Waals surface area contributed by atoms with Gasteiger partial charge in [-0.3, -0.25) is 10.1 Å². The van der Waals surface area contributed by atoms with Gasteiger partial charge >= 0.3 is 0 Å². The number of carbonyl (C=O) groups is 1. The van der Waals surface area contributed by atoms with Gasteiger partial charge in [-0.1, -0.05) is 37.6 Å². The summed E-state index contributed by atoms with van der Waals surface area (Å²) in [5.74, 6) is 0.674. The molecular weight excluding hydrogens is 248 g/mol. The minimum absolute atomic E-state index is 0.0430. The van der Waals surface area contributed by atoms with Crippen LogP contribution in [-0.2, 0) is 4.79 Å². The maximum atomic E-state index is 12.1. The van der Waals surface area contributed by atoms with E-state index in [2.05, 4.69) is 19.2 Å². The van der Waals surface area contributed by atoms with Crippen LogP contribution in [0.15, 0.2) is 24.3 Å². The van der Waals surface area contributed by atoms with Crippen molar-refractivity contribution >= 4 is 17.5 Å². The molecule has 2 unspecified atom stereocenters. The van der Waals surface area contributed by atoms with Gasteiger partial charge in [-0.2, -0.15) is 0 Å². The van der Waals surface area contributed by atoms with Crippen molar-refractivity contribution in [3.63, 3.8) is 0 Å². The van der Waals surface area contributed by atoms with Gasteiger partial charge < -0.3 is 4.90 Å². The van der Waals surface area contributed by atoms with E-state index in [0.717, 1.165) is 12.0 Å². The van der Waals surface area contributed by atoms with Gasteiger partial charge in [0, 0.05) is 12.1 Å². The van der Waals surface area contributed by atoms with Crippen molar-refractivity contribution in [2.75, 3.05) is 7.05 Å². The van der Waals surface area contributed by atoms with Crippen molar-refractivity contribution in [1.82, 2.24) is 10.2 Å². The zero-order valence-corrected chi connectivity index (χ0v) is 11.7. The van der Waals surface area contributed by atoms with E-state index < -0.39 is 0 Å². The van der Waals surface area contributed by atoms with E-state index in [4.69, 9.17) is 11.6 Å². The van der Waals surface area contributed by atoms with Crippen molar-refractivity contribution in [3.8, 4) is 0 Å². The number of carbonyl (C=O) groups excluding carboxylic acids is 1. The van der Waals surface area contributed by atoms with Gasteiger partial charge in [-0.15, -0.1) is 0 Å². The second kappa shape index (κ2) is 5.29. The number of halogens is 1. The molecule has 3 nitrogen and oxygen atoms in total. The first kappa shape index (κ1) is 13.4. The number of rotatable bonds is 3. The highest BCUT2D eigenvalue weighted by molar-refractivity contribution is 6.30. The monoisotopic (exact) mass is 266 g/mol. The van der Waals surface area contributed by atoms with Crippen LogP contribution in [0.3, 0.4) is 0 Å². The van der Waals surface area contributed by atoms with Crippen LogP contribution in [0.1, 0.15) is 32.0 Å². The van der Waals surface area contributed by atoms with E-state index in [-0.39, 0.29) is 18.1 Å². The summed E-state index contributed by atoms with van der Waals surface area (Å²) in [7, 11) is 1.84.